The Balaban J connectivity index is 2.49. The molecule has 0 saturated carbocycles. The minimum atomic E-state index is -4.03. The SMILES string of the molecule is Cc1ccc(Cl)c(C(=O)O)c1NS(=O)(=O)c1cn(C(C)C)cn1. The van der Waals surface area contributed by atoms with Gasteiger partial charge in [0.15, 0.2) is 5.03 Å². The fraction of sp³-hybridized carbons (Fsp3) is 0.286. The van der Waals surface area contributed by atoms with Crippen LogP contribution < -0.4 is 4.72 Å². The van der Waals surface area contributed by atoms with E-state index in [4.69, 9.17) is 11.6 Å². The second kappa shape index (κ2) is 6.21. The van der Waals surface area contributed by atoms with Gasteiger partial charge in [0.05, 0.1) is 17.0 Å². The van der Waals surface area contributed by atoms with Crippen molar-refractivity contribution in [3.63, 3.8) is 0 Å². The van der Waals surface area contributed by atoms with E-state index in [9.17, 15) is 18.3 Å². The molecule has 9 heteroatoms. The Hall–Kier alpha value is -2.06. The third-order valence-corrected chi connectivity index (χ3v) is 4.81. The predicted octanol–water partition coefficient (Wildman–Crippen LogP) is 2.92. The summed E-state index contributed by atoms with van der Waals surface area (Å²) >= 11 is 5.88. The summed E-state index contributed by atoms with van der Waals surface area (Å²) in [6, 6.07) is 3.00. The first-order chi connectivity index (χ1) is 10.6. The number of carbonyl (C=O) groups is 1. The summed E-state index contributed by atoms with van der Waals surface area (Å²) in [4.78, 5) is 15.2. The Bertz CT molecular complexity index is 859. The molecule has 0 atom stereocenters. The van der Waals surface area contributed by atoms with Crippen molar-refractivity contribution >= 4 is 33.3 Å². The Morgan fingerprint density at radius 1 is 1.39 bits per heavy atom. The first kappa shape index (κ1) is 17.3. The zero-order valence-corrected chi connectivity index (χ0v) is 14.3. The number of carboxylic acids is 1. The topological polar surface area (TPSA) is 101 Å². The number of carboxylic acid groups (broad SMARTS) is 1. The van der Waals surface area contributed by atoms with Crippen molar-refractivity contribution < 1.29 is 18.3 Å². The van der Waals surface area contributed by atoms with Gasteiger partial charge in [0.2, 0.25) is 0 Å². The molecule has 1 aromatic carbocycles. The van der Waals surface area contributed by atoms with Gasteiger partial charge in [-0.2, -0.15) is 8.42 Å². The molecule has 7 nitrogen and oxygen atoms in total. The number of nitrogens with zero attached hydrogens (tertiary/aromatic N) is 2. The Kier molecular flexibility index (Phi) is 4.67. The number of aryl methyl sites for hydroxylation is 1. The molecule has 0 amide bonds. The number of nitrogens with one attached hydrogen (secondary N) is 1. The molecule has 0 radical (unpaired) electrons. The van der Waals surface area contributed by atoms with Crippen molar-refractivity contribution in [2.24, 2.45) is 0 Å². The van der Waals surface area contributed by atoms with Crippen LogP contribution in [0.3, 0.4) is 0 Å². The Morgan fingerprint density at radius 3 is 2.57 bits per heavy atom. The highest BCUT2D eigenvalue weighted by atomic mass is 35.5. The number of imidazole rings is 1. The van der Waals surface area contributed by atoms with Crippen molar-refractivity contribution in [3.05, 3.63) is 40.8 Å². The molecule has 0 aliphatic heterocycles. The molecule has 0 unspecified atom stereocenters. The molecule has 0 spiro atoms. The molecule has 1 aromatic heterocycles. The summed E-state index contributed by atoms with van der Waals surface area (Å²) < 4.78 is 28.8. The van der Waals surface area contributed by atoms with Crippen LogP contribution >= 0.6 is 11.6 Å². The van der Waals surface area contributed by atoms with Crippen molar-refractivity contribution in [2.75, 3.05) is 4.72 Å². The molecule has 2 aromatic rings. The lowest BCUT2D eigenvalue weighted by molar-refractivity contribution is 0.0698. The molecule has 1 heterocycles. The average Bonchev–Trinajstić information content (AvgIpc) is 2.93. The number of benzene rings is 1. The van der Waals surface area contributed by atoms with Gasteiger partial charge in [-0.05, 0) is 32.4 Å². The van der Waals surface area contributed by atoms with E-state index in [1.54, 1.807) is 17.6 Å². The minimum absolute atomic E-state index is 0.0477. The van der Waals surface area contributed by atoms with Crippen molar-refractivity contribution in [2.45, 2.75) is 31.8 Å². The zero-order valence-electron chi connectivity index (χ0n) is 12.7. The number of anilines is 1. The second-order valence-corrected chi connectivity index (χ2v) is 7.31. The van der Waals surface area contributed by atoms with Crippen LogP contribution in [0.4, 0.5) is 5.69 Å². The molecule has 2 rings (SSSR count). The smallest absolute Gasteiger partial charge is 0.339 e. The maximum Gasteiger partial charge on any atom is 0.339 e. The molecule has 124 valence electrons. The second-order valence-electron chi connectivity index (χ2n) is 5.28. The number of hydrogen-bond acceptors (Lipinski definition) is 4. The van der Waals surface area contributed by atoms with Crippen LogP contribution in [0, 0.1) is 6.92 Å². The fourth-order valence-electron chi connectivity index (χ4n) is 1.95. The summed E-state index contributed by atoms with van der Waals surface area (Å²) in [6.45, 7) is 5.36. The number of sulfonamides is 1. The lowest BCUT2D eigenvalue weighted by Crippen LogP contribution is -2.17. The van der Waals surface area contributed by atoms with E-state index in [-0.39, 0.29) is 27.3 Å². The van der Waals surface area contributed by atoms with Gasteiger partial charge in [0.1, 0.15) is 5.56 Å². The standard InChI is InChI=1S/C14H16ClN3O4S/c1-8(2)18-6-11(16-7-18)23(21,22)17-13-9(3)4-5-10(15)12(13)14(19)20/h4-8,17H,1-3H3,(H,19,20). The van der Waals surface area contributed by atoms with Gasteiger partial charge in [-0.3, -0.25) is 4.72 Å². The Morgan fingerprint density at radius 2 is 2.04 bits per heavy atom. The molecule has 0 bridgehead atoms. The molecule has 0 aliphatic rings. The third-order valence-electron chi connectivity index (χ3n) is 3.26. The van der Waals surface area contributed by atoms with E-state index in [2.05, 4.69) is 9.71 Å². The van der Waals surface area contributed by atoms with Crippen molar-refractivity contribution in [1.82, 2.24) is 9.55 Å². The third kappa shape index (κ3) is 3.48. The van der Waals surface area contributed by atoms with E-state index in [0.29, 0.717) is 5.56 Å². The van der Waals surface area contributed by atoms with Crippen molar-refractivity contribution in [3.8, 4) is 0 Å². The lowest BCUT2D eigenvalue weighted by atomic mass is 10.1. The van der Waals surface area contributed by atoms with Gasteiger partial charge >= 0.3 is 5.97 Å². The fourth-order valence-corrected chi connectivity index (χ4v) is 3.27. The first-order valence-corrected chi connectivity index (χ1v) is 8.58. The van der Waals surface area contributed by atoms with Crippen molar-refractivity contribution in [1.29, 1.82) is 0 Å². The molecule has 0 fully saturated rings. The maximum absolute atomic E-state index is 12.5. The van der Waals surface area contributed by atoms with E-state index in [1.165, 1.54) is 18.6 Å². The normalized spacial score (nSPS) is 11.7. The van der Waals surface area contributed by atoms with Gasteiger partial charge in [0, 0.05) is 12.2 Å². The monoisotopic (exact) mass is 357 g/mol. The molecular formula is C14H16ClN3O4S. The summed E-state index contributed by atoms with van der Waals surface area (Å²) in [6.07, 6.45) is 2.79. The molecular weight excluding hydrogens is 342 g/mol. The molecule has 2 N–H and O–H groups in total. The van der Waals surface area contributed by atoms with Crippen LogP contribution in [0.25, 0.3) is 0 Å². The molecule has 23 heavy (non-hydrogen) atoms. The molecule has 0 saturated heterocycles. The number of aromatic carboxylic acids is 1. The summed E-state index contributed by atoms with van der Waals surface area (Å²) in [5.41, 5.74) is 0.0845. The van der Waals surface area contributed by atoms with Crippen LogP contribution in [-0.4, -0.2) is 29.0 Å². The van der Waals surface area contributed by atoms with Gasteiger partial charge in [-0.25, -0.2) is 9.78 Å². The Labute approximate surface area is 139 Å². The number of hydrogen-bond donors (Lipinski definition) is 2. The predicted molar refractivity (Wildman–Crippen MR) is 86.6 cm³/mol. The highest BCUT2D eigenvalue weighted by Gasteiger charge is 2.24. The van der Waals surface area contributed by atoms with Crippen LogP contribution in [0.5, 0.6) is 0 Å². The summed E-state index contributed by atoms with van der Waals surface area (Å²) in [5, 5.41) is 9.04. The zero-order chi connectivity index (χ0) is 17.4. The van der Waals surface area contributed by atoms with Crippen LogP contribution in [0.15, 0.2) is 29.7 Å². The van der Waals surface area contributed by atoms with E-state index >= 15 is 0 Å². The highest BCUT2D eigenvalue weighted by Crippen LogP contribution is 2.30. The van der Waals surface area contributed by atoms with Gasteiger partial charge in [0.25, 0.3) is 10.0 Å². The minimum Gasteiger partial charge on any atom is -0.478 e. The highest BCUT2D eigenvalue weighted by molar-refractivity contribution is 7.92. The van der Waals surface area contributed by atoms with Gasteiger partial charge in [-0.15, -0.1) is 0 Å². The lowest BCUT2D eigenvalue weighted by Gasteiger charge is -2.13. The number of rotatable bonds is 5. The molecule has 0 aliphatic carbocycles. The van der Waals surface area contributed by atoms with Crippen LogP contribution in [-0.2, 0) is 10.0 Å². The van der Waals surface area contributed by atoms with Gasteiger partial charge in [-0.1, -0.05) is 17.7 Å². The van der Waals surface area contributed by atoms with Gasteiger partial charge < -0.3 is 9.67 Å². The van der Waals surface area contributed by atoms with Crippen LogP contribution in [0.2, 0.25) is 5.02 Å². The number of aromatic nitrogens is 2. The first-order valence-electron chi connectivity index (χ1n) is 6.72. The number of halogens is 1. The average molecular weight is 358 g/mol. The maximum atomic E-state index is 12.5. The quantitative estimate of drug-likeness (QED) is 0.856. The largest absolute Gasteiger partial charge is 0.478 e. The van der Waals surface area contributed by atoms with E-state index in [1.807, 2.05) is 13.8 Å². The van der Waals surface area contributed by atoms with E-state index < -0.39 is 16.0 Å². The summed E-state index contributed by atoms with van der Waals surface area (Å²) in [5.74, 6) is -1.32. The summed E-state index contributed by atoms with van der Waals surface area (Å²) in [7, 11) is -4.03. The van der Waals surface area contributed by atoms with E-state index in [0.717, 1.165) is 0 Å². The van der Waals surface area contributed by atoms with Crippen LogP contribution in [0.1, 0.15) is 35.8 Å².